The molecule has 20 heavy (non-hydrogen) atoms. The number of hydrogen-bond acceptors (Lipinski definition) is 3. The van der Waals surface area contributed by atoms with Crippen molar-refractivity contribution in [1.82, 2.24) is 9.80 Å². The second-order valence-electron chi connectivity index (χ2n) is 5.07. The molecule has 1 aromatic carbocycles. The van der Waals surface area contributed by atoms with Crippen LogP contribution in [-0.2, 0) is 6.42 Å². The second-order valence-corrected chi connectivity index (χ2v) is 5.59. The minimum Gasteiger partial charge on any atom is -0.393 e. The molecular weight excluding hydrogens is 270 g/mol. The highest BCUT2D eigenvalue weighted by Gasteiger charge is 2.21. The first-order valence-corrected chi connectivity index (χ1v) is 7.40. The van der Waals surface area contributed by atoms with Crippen molar-refractivity contribution in [3.8, 4) is 0 Å². The first-order chi connectivity index (χ1) is 9.60. The van der Waals surface area contributed by atoms with Gasteiger partial charge in [-0.05, 0) is 24.2 Å². The summed E-state index contributed by atoms with van der Waals surface area (Å²) >= 11 is 4.91. The predicted molar refractivity (Wildman–Crippen MR) is 84.9 cm³/mol. The van der Waals surface area contributed by atoms with Crippen molar-refractivity contribution < 1.29 is 4.79 Å². The van der Waals surface area contributed by atoms with E-state index in [1.807, 2.05) is 29.2 Å². The number of benzene rings is 1. The molecular formula is C15H21N3OS. The number of likely N-dealkylation sites (N-methyl/N-ethyl adjacent to an activating group) is 1. The lowest BCUT2D eigenvalue weighted by molar-refractivity contribution is 0.0643. The van der Waals surface area contributed by atoms with Crippen LogP contribution in [0.15, 0.2) is 24.3 Å². The van der Waals surface area contributed by atoms with Gasteiger partial charge in [0.2, 0.25) is 0 Å². The van der Waals surface area contributed by atoms with Crippen LogP contribution in [0.25, 0.3) is 0 Å². The summed E-state index contributed by atoms with van der Waals surface area (Å²) in [5.74, 6) is 0.102. The second kappa shape index (κ2) is 6.81. The highest BCUT2D eigenvalue weighted by molar-refractivity contribution is 7.80. The lowest BCUT2D eigenvalue weighted by Crippen LogP contribution is -2.48. The van der Waals surface area contributed by atoms with E-state index >= 15 is 0 Å². The quantitative estimate of drug-likeness (QED) is 0.849. The standard InChI is InChI=1S/C15H21N3OS/c1-2-17-6-8-18(9-7-17)15(19)13-5-3-4-12(10-13)11-14(16)20/h3-5,10H,2,6-9,11H2,1H3,(H2,16,20). The molecule has 0 radical (unpaired) electrons. The van der Waals surface area contributed by atoms with Crippen LogP contribution in [0, 0.1) is 0 Å². The molecule has 1 amide bonds. The van der Waals surface area contributed by atoms with Gasteiger partial charge in [0.05, 0.1) is 4.99 Å². The Morgan fingerprint density at radius 3 is 2.60 bits per heavy atom. The molecule has 5 heteroatoms. The van der Waals surface area contributed by atoms with Gasteiger partial charge in [0.25, 0.3) is 5.91 Å². The number of thiocarbonyl (C=S) groups is 1. The van der Waals surface area contributed by atoms with Gasteiger partial charge in [-0.15, -0.1) is 0 Å². The van der Waals surface area contributed by atoms with Gasteiger partial charge < -0.3 is 15.5 Å². The van der Waals surface area contributed by atoms with E-state index in [1.54, 1.807) is 0 Å². The van der Waals surface area contributed by atoms with Gasteiger partial charge >= 0.3 is 0 Å². The summed E-state index contributed by atoms with van der Waals surface area (Å²) in [7, 11) is 0. The molecule has 0 saturated carbocycles. The van der Waals surface area contributed by atoms with Gasteiger partial charge in [-0.25, -0.2) is 0 Å². The monoisotopic (exact) mass is 291 g/mol. The van der Waals surface area contributed by atoms with Gasteiger partial charge in [0.1, 0.15) is 0 Å². The minimum absolute atomic E-state index is 0.102. The number of piperazine rings is 1. The van der Waals surface area contributed by atoms with Crippen LogP contribution in [0.4, 0.5) is 0 Å². The molecule has 2 rings (SSSR count). The van der Waals surface area contributed by atoms with Gasteiger partial charge in [0.15, 0.2) is 0 Å². The third-order valence-corrected chi connectivity index (χ3v) is 3.80. The Hall–Kier alpha value is -1.46. The average molecular weight is 291 g/mol. The maximum absolute atomic E-state index is 12.5. The lowest BCUT2D eigenvalue weighted by atomic mass is 10.1. The molecule has 0 atom stereocenters. The van der Waals surface area contributed by atoms with E-state index in [9.17, 15) is 4.79 Å². The fraction of sp³-hybridized carbons (Fsp3) is 0.467. The van der Waals surface area contributed by atoms with E-state index in [0.29, 0.717) is 11.4 Å². The summed E-state index contributed by atoms with van der Waals surface area (Å²) in [6.45, 7) is 6.70. The molecule has 1 aromatic rings. The Morgan fingerprint density at radius 1 is 1.30 bits per heavy atom. The SMILES string of the molecule is CCN1CCN(C(=O)c2cccc(CC(N)=S)c2)CC1. The predicted octanol–water partition coefficient (Wildman–Crippen LogP) is 1.29. The Labute approximate surface area is 125 Å². The third kappa shape index (κ3) is 3.77. The van der Waals surface area contributed by atoms with E-state index in [4.69, 9.17) is 18.0 Å². The molecule has 1 heterocycles. The Balaban J connectivity index is 2.04. The highest BCUT2D eigenvalue weighted by Crippen LogP contribution is 2.11. The molecule has 0 aromatic heterocycles. The summed E-state index contributed by atoms with van der Waals surface area (Å²) in [6.07, 6.45) is 0.542. The van der Waals surface area contributed by atoms with Crippen LogP contribution in [0.3, 0.4) is 0 Å². The van der Waals surface area contributed by atoms with E-state index in [-0.39, 0.29) is 5.91 Å². The highest BCUT2D eigenvalue weighted by atomic mass is 32.1. The zero-order chi connectivity index (χ0) is 14.5. The zero-order valence-corrected chi connectivity index (χ0v) is 12.7. The normalized spacial score (nSPS) is 16.1. The number of nitrogens with zero attached hydrogens (tertiary/aromatic N) is 2. The fourth-order valence-corrected chi connectivity index (χ4v) is 2.63. The van der Waals surface area contributed by atoms with Crippen molar-refractivity contribution >= 4 is 23.1 Å². The molecule has 0 aliphatic carbocycles. The number of rotatable bonds is 4. The van der Waals surface area contributed by atoms with Crippen molar-refractivity contribution in [2.24, 2.45) is 5.73 Å². The van der Waals surface area contributed by atoms with E-state index in [2.05, 4.69) is 11.8 Å². The van der Waals surface area contributed by atoms with Crippen molar-refractivity contribution in [3.63, 3.8) is 0 Å². The van der Waals surface area contributed by atoms with E-state index in [1.165, 1.54) is 0 Å². The van der Waals surface area contributed by atoms with Crippen LogP contribution in [0.2, 0.25) is 0 Å². The van der Waals surface area contributed by atoms with Gasteiger partial charge in [-0.3, -0.25) is 4.79 Å². The molecule has 2 N–H and O–H groups in total. The van der Waals surface area contributed by atoms with Crippen molar-refractivity contribution in [1.29, 1.82) is 0 Å². The topological polar surface area (TPSA) is 49.6 Å². The smallest absolute Gasteiger partial charge is 0.253 e. The largest absolute Gasteiger partial charge is 0.393 e. The summed E-state index contributed by atoms with van der Waals surface area (Å²) in [5.41, 5.74) is 7.28. The van der Waals surface area contributed by atoms with Crippen LogP contribution < -0.4 is 5.73 Å². The number of amides is 1. The van der Waals surface area contributed by atoms with Crippen molar-refractivity contribution in [2.45, 2.75) is 13.3 Å². The molecule has 1 aliphatic rings. The lowest BCUT2D eigenvalue weighted by Gasteiger charge is -2.34. The number of carbonyl (C=O) groups excluding carboxylic acids is 1. The molecule has 0 bridgehead atoms. The summed E-state index contributed by atoms with van der Waals surface area (Å²) in [6, 6.07) is 7.60. The van der Waals surface area contributed by atoms with Gasteiger partial charge in [-0.2, -0.15) is 0 Å². The third-order valence-electron chi connectivity index (χ3n) is 3.66. The fourth-order valence-electron chi connectivity index (χ4n) is 2.47. The Bertz CT molecular complexity index is 496. The Kier molecular flexibility index (Phi) is 5.09. The number of hydrogen-bond donors (Lipinski definition) is 1. The first kappa shape index (κ1) is 14.9. The molecule has 0 spiro atoms. The van der Waals surface area contributed by atoms with Crippen LogP contribution in [0.5, 0.6) is 0 Å². The number of nitrogens with two attached hydrogens (primary N) is 1. The molecule has 1 aliphatic heterocycles. The summed E-state index contributed by atoms with van der Waals surface area (Å²) in [5, 5.41) is 0. The zero-order valence-electron chi connectivity index (χ0n) is 11.8. The molecule has 1 saturated heterocycles. The van der Waals surface area contributed by atoms with Crippen molar-refractivity contribution in [2.75, 3.05) is 32.7 Å². The Morgan fingerprint density at radius 2 is 2.00 bits per heavy atom. The molecule has 0 unspecified atom stereocenters. The maximum atomic E-state index is 12.5. The van der Waals surface area contributed by atoms with Gasteiger partial charge in [-0.1, -0.05) is 31.3 Å². The summed E-state index contributed by atoms with van der Waals surface area (Å²) in [4.78, 5) is 17.2. The van der Waals surface area contributed by atoms with Crippen LogP contribution in [-0.4, -0.2) is 53.4 Å². The number of carbonyl (C=O) groups is 1. The van der Waals surface area contributed by atoms with Gasteiger partial charge in [0, 0.05) is 38.2 Å². The van der Waals surface area contributed by atoms with E-state index in [0.717, 1.165) is 43.9 Å². The van der Waals surface area contributed by atoms with Crippen molar-refractivity contribution in [3.05, 3.63) is 35.4 Å². The molecule has 1 fully saturated rings. The van der Waals surface area contributed by atoms with Crippen LogP contribution in [0.1, 0.15) is 22.8 Å². The molecule has 4 nitrogen and oxygen atoms in total. The minimum atomic E-state index is 0.102. The first-order valence-electron chi connectivity index (χ1n) is 6.99. The maximum Gasteiger partial charge on any atom is 0.253 e. The van der Waals surface area contributed by atoms with E-state index < -0.39 is 0 Å². The average Bonchev–Trinajstić information content (AvgIpc) is 2.46. The molecule has 108 valence electrons. The summed E-state index contributed by atoms with van der Waals surface area (Å²) < 4.78 is 0. The van der Waals surface area contributed by atoms with Crippen LogP contribution >= 0.6 is 12.2 Å².